The predicted molar refractivity (Wildman–Crippen MR) is 428 cm³/mol. The van der Waals surface area contributed by atoms with Gasteiger partial charge in [0.05, 0.1) is 62.2 Å². The summed E-state index contributed by atoms with van der Waals surface area (Å²) in [5.74, 6) is 4.41. The van der Waals surface area contributed by atoms with E-state index in [0.717, 1.165) is 122 Å². The highest BCUT2D eigenvalue weighted by Gasteiger charge is 2.18. The number of nitriles is 2. The molecule has 0 saturated heterocycles. The molecule has 4 aromatic rings. The standard InChI is InChI=1S/C91H141N3O6/c1-7-13-19-25-31-37-43-49-67-95-86-64-58-78(73-89(86)98-70-52-46-40-34-28-22-16-10-4)55-61-81-82(76-92)84(62-56-79-59-65-87(96-68-50-44-38-32-26-20-14-8-2)90(74-79)99-71-53-47-41-35-29-23-17-11-5)94-85(83(81)77-93)63-57-80-60-66-88(97-69-51-45-39-33-27-21-15-9-3)91(75-80)100-72-54-48-42-36-30-24-18-12-6/h55-66,73-75H,7-54,67-72H2,1-6H3/b61-55+,62-56+,63-57+. The molecule has 0 saturated carbocycles. The van der Waals surface area contributed by atoms with E-state index < -0.39 is 0 Å². The molecule has 0 bridgehead atoms. The van der Waals surface area contributed by atoms with E-state index in [1.165, 1.54) is 231 Å². The number of hydrogen-bond donors (Lipinski definition) is 0. The number of benzene rings is 3. The molecule has 9 nitrogen and oxygen atoms in total. The second-order valence-corrected chi connectivity index (χ2v) is 28.3. The van der Waals surface area contributed by atoms with Crippen molar-refractivity contribution in [2.75, 3.05) is 39.6 Å². The predicted octanol–water partition coefficient (Wildman–Crippen LogP) is 28.5. The minimum absolute atomic E-state index is 0.309. The molecule has 0 N–H and O–H groups in total. The molecule has 9 heteroatoms. The normalized spacial score (nSPS) is 11.5. The summed E-state index contributed by atoms with van der Waals surface area (Å²) >= 11 is 0. The van der Waals surface area contributed by atoms with Crippen LogP contribution in [0.15, 0.2) is 54.6 Å². The molecule has 0 fully saturated rings. The molecule has 0 aliphatic carbocycles. The lowest BCUT2D eigenvalue weighted by atomic mass is 9.97. The largest absolute Gasteiger partial charge is 0.490 e. The van der Waals surface area contributed by atoms with Gasteiger partial charge < -0.3 is 28.4 Å². The van der Waals surface area contributed by atoms with Gasteiger partial charge in [0, 0.05) is 5.56 Å². The number of hydrogen-bond acceptors (Lipinski definition) is 9. The smallest absolute Gasteiger partial charge is 0.161 e. The number of pyridine rings is 1. The lowest BCUT2D eigenvalue weighted by Crippen LogP contribution is -2.03. The van der Waals surface area contributed by atoms with Gasteiger partial charge in [-0.05, 0) is 104 Å². The van der Waals surface area contributed by atoms with E-state index in [1.54, 1.807) is 0 Å². The Morgan fingerprint density at radius 2 is 0.450 bits per heavy atom. The topological polar surface area (TPSA) is 116 Å². The molecule has 4 rings (SSSR count). The van der Waals surface area contributed by atoms with Gasteiger partial charge in [-0.25, -0.2) is 4.98 Å². The van der Waals surface area contributed by atoms with E-state index >= 15 is 0 Å². The zero-order valence-corrected chi connectivity index (χ0v) is 64.6. The van der Waals surface area contributed by atoms with Gasteiger partial charge in [0.1, 0.15) is 12.1 Å². The first-order chi connectivity index (χ1) is 49.4. The molecule has 1 heterocycles. The molecule has 3 aromatic carbocycles. The molecular weight excluding hydrogens is 1230 g/mol. The highest BCUT2D eigenvalue weighted by Crippen LogP contribution is 2.35. The summed E-state index contributed by atoms with van der Waals surface area (Å²) in [7, 11) is 0. The zero-order chi connectivity index (χ0) is 71.2. The van der Waals surface area contributed by atoms with Crippen molar-refractivity contribution in [2.24, 2.45) is 0 Å². The molecule has 0 radical (unpaired) electrons. The van der Waals surface area contributed by atoms with Gasteiger partial charge in [-0.15, -0.1) is 0 Å². The van der Waals surface area contributed by atoms with Gasteiger partial charge in [0.15, 0.2) is 34.5 Å². The Hall–Kier alpha value is -6.19. The molecule has 100 heavy (non-hydrogen) atoms. The molecule has 0 aliphatic heterocycles. The highest BCUT2D eigenvalue weighted by atomic mass is 16.5. The number of aromatic nitrogens is 1. The van der Waals surface area contributed by atoms with E-state index in [4.69, 9.17) is 33.4 Å². The van der Waals surface area contributed by atoms with Gasteiger partial charge in [-0.1, -0.05) is 354 Å². The number of rotatable bonds is 66. The van der Waals surface area contributed by atoms with Crippen LogP contribution in [0.1, 0.15) is 395 Å². The Kier molecular flexibility index (Phi) is 52.1. The summed E-state index contributed by atoms with van der Waals surface area (Å²) in [6, 6.07) is 23.4. The minimum atomic E-state index is 0.309. The summed E-state index contributed by atoms with van der Waals surface area (Å²) in [6.07, 6.45) is 70.7. The summed E-state index contributed by atoms with van der Waals surface area (Å²) < 4.78 is 39.2. The molecule has 0 atom stereocenters. The van der Waals surface area contributed by atoms with Crippen LogP contribution in [0.3, 0.4) is 0 Å². The van der Waals surface area contributed by atoms with Crippen molar-refractivity contribution >= 4 is 36.5 Å². The lowest BCUT2D eigenvalue weighted by Gasteiger charge is -2.14. The van der Waals surface area contributed by atoms with Crippen LogP contribution in [0.5, 0.6) is 34.5 Å². The van der Waals surface area contributed by atoms with Crippen molar-refractivity contribution in [1.82, 2.24) is 4.98 Å². The van der Waals surface area contributed by atoms with Crippen molar-refractivity contribution in [3.8, 4) is 46.6 Å². The average Bonchev–Trinajstić information content (AvgIpc) is 0.791. The number of nitrogens with zero attached hydrogens (tertiary/aromatic N) is 3. The quantitative estimate of drug-likeness (QED) is 0.0399. The van der Waals surface area contributed by atoms with Gasteiger partial charge >= 0.3 is 0 Å². The van der Waals surface area contributed by atoms with E-state index in [0.29, 0.717) is 73.5 Å². The highest BCUT2D eigenvalue weighted by molar-refractivity contribution is 5.84. The first-order valence-electron chi connectivity index (χ1n) is 41.5. The Morgan fingerprint density at radius 3 is 0.670 bits per heavy atom. The monoisotopic (exact) mass is 1370 g/mol. The van der Waals surface area contributed by atoms with Gasteiger partial charge in [-0.2, -0.15) is 10.5 Å². The fourth-order valence-corrected chi connectivity index (χ4v) is 12.9. The van der Waals surface area contributed by atoms with Crippen LogP contribution in [0.4, 0.5) is 0 Å². The third-order valence-electron chi connectivity index (χ3n) is 19.3. The van der Waals surface area contributed by atoms with Crippen molar-refractivity contribution in [3.05, 3.63) is 99.4 Å². The minimum Gasteiger partial charge on any atom is -0.490 e. The van der Waals surface area contributed by atoms with Crippen LogP contribution < -0.4 is 28.4 Å². The van der Waals surface area contributed by atoms with Crippen molar-refractivity contribution in [3.63, 3.8) is 0 Å². The van der Waals surface area contributed by atoms with Crippen molar-refractivity contribution in [2.45, 2.75) is 350 Å². The van der Waals surface area contributed by atoms with Crippen LogP contribution in [-0.4, -0.2) is 44.6 Å². The lowest BCUT2D eigenvalue weighted by molar-refractivity contribution is 0.258. The van der Waals surface area contributed by atoms with Gasteiger partial charge in [-0.3, -0.25) is 0 Å². The van der Waals surface area contributed by atoms with Gasteiger partial charge in [0.25, 0.3) is 0 Å². The Labute approximate surface area is 612 Å². The maximum atomic E-state index is 11.2. The van der Waals surface area contributed by atoms with Crippen LogP contribution >= 0.6 is 0 Å². The number of unbranched alkanes of at least 4 members (excludes halogenated alkanes) is 42. The van der Waals surface area contributed by atoms with Crippen LogP contribution in [0, 0.1) is 22.7 Å². The molecular formula is C91H141N3O6. The maximum absolute atomic E-state index is 11.2. The second-order valence-electron chi connectivity index (χ2n) is 28.3. The molecule has 0 amide bonds. The fourth-order valence-electron chi connectivity index (χ4n) is 12.9. The van der Waals surface area contributed by atoms with Crippen LogP contribution in [0.2, 0.25) is 0 Å². The molecule has 0 unspecified atom stereocenters. The summed E-state index contributed by atoms with van der Waals surface area (Å²) in [4.78, 5) is 5.18. The SMILES string of the molecule is CCCCCCCCCCOc1ccc(/C=C/c2nc(/C=C/c3ccc(OCCCCCCCCCC)c(OCCCCCCCCCC)c3)c(C#N)c(/C=C/c3ccc(OCCCCCCCCCC)c(OCCCCCCCCCC)c3)c2C#N)cc1OCCCCCCCCCC. The first kappa shape index (κ1) is 86.2. The van der Waals surface area contributed by atoms with Crippen molar-refractivity contribution in [1.29, 1.82) is 10.5 Å². The van der Waals surface area contributed by atoms with E-state index in [2.05, 4.69) is 77.9 Å². The number of ether oxygens (including phenoxy) is 6. The zero-order valence-electron chi connectivity index (χ0n) is 64.6. The average molecular weight is 1370 g/mol. The summed E-state index contributed by atoms with van der Waals surface area (Å²) in [5, 5.41) is 22.5. The first-order valence-corrected chi connectivity index (χ1v) is 41.5. The Bertz CT molecular complexity index is 2720. The van der Waals surface area contributed by atoms with E-state index in [-0.39, 0.29) is 0 Å². The Balaban J connectivity index is 1.76. The van der Waals surface area contributed by atoms with Crippen LogP contribution in [0.25, 0.3) is 36.5 Å². The van der Waals surface area contributed by atoms with Gasteiger partial charge in [0.2, 0.25) is 0 Å². The summed E-state index contributed by atoms with van der Waals surface area (Å²) in [5.41, 5.74) is 4.68. The molecule has 0 spiro atoms. The Morgan fingerprint density at radius 1 is 0.250 bits per heavy atom. The van der Waals surface area contributed by atoms with E-state index in [9.17, 15) is 10.5 Å². The second kappa shape index (κ2) is 60.4. The van der Waals surface area contributed by atoms with E-state index in [1.807, 2.05) is 66.8 Å². The molecule has 556 valence electrons. The third-order valence-corrected chi connectivity index (χ3v) is 19.3. The summed E-state index contributed by atoms with van der Waals surface area (Å²) in [6.45, 7) is 17.4. The third kappa shape index (κ3) is 39.9. The van der Waals surface area contributed by atoms with Crippen molar-refractivity contribution < 1.29 is 28.4 Å². The molecule has 0 aliphatic rings. The fraction of sp³-hybridized carbons (Fsp3) is 0.659. The van der Waals surface area contributed by atoms with Crippen LogP contribution in [-0.2, 0) is 0 Å². The maximum Gasteiger partial charge on any atom is 0.161 e. The molecule has 1 aromatic heterocycles.